The van der Waals surface area contributed by atoms with Crippen LogP contribution in [-0.2, 0) is 4.79 Å². The maximum Gasteiger partial charge on any atom is 0.294 e. The molecule has 2 heterocycles. The number of amides is 1. The Morgan fingerprint density at radius 2 is 1.75 bits per heavy atom. The van der Waals surface area contributed by atoms with E-state index >= 15 is 0 Å². The Balaban J connectivity index is 1.19. The number of ether oxygens (including phenoxy) is 3. The van der Waals surface area contributed by atoms with Gasteiger partial charge in [-0.15, -0.1) is 0 Å². The molecular formula is C29H30N2O5. The van der Waals surface area contributed by atoms with E-state index in [0.29, 0.717) is 48.4 Å². The number of methoxy groups -OCH3 is 1. The van der Waals surface area contributed by atoms with E-state index in [9.17, 15) is 9.90 Å². The molecule has 7 heteroatoms. The second kappa shape index (κ2) is 10.8. The van der Waals surface area contributed by atoms with Crippen molar-refractivity contribution in [2.45, 2.75) is 12.5 Å². The summed E-state index contributed by atoms with van der Waals surface area (Å²) in [6, 6.07) is 23.3. The van der Waals surface area contributed by atoms with Crippen LogP contribution in [0.3, 0.4) is 0 Å². The Labute approximate surface area is 211 Å². The van der Waals surface area contributed by atoms with Gasteiger partial charge < -0.3 is 24.2 Å². The predicted molar refractivity (Wildman–Crippen MR) is 138 cm³/mol. The van der Waals surface area contributed by atoms with Gasteiger partial charge in [0.1, 0.15) is 12.4 Å². The van der Waals surface area contributed by atoms with Crippen molar-refractivity contribution in [3.05, 3.63) is 84.6 Å². The standard InChI is InChI=1S/C29H30N2O5/c1-34-28-19-23(9-12-26(28)35-18-17-30-15-13-24(32)20-30)31-16-14-27(29(31)33)36-25-10-7-22(8-11-25)21-5-3-2-4-6-21/h2-12,14,19,24,32H,13,15-18,20H2,1H3/t24-/m0/s1. The summed E-state index contributed by atoms with van der Waals surface area (Å²) in [6.45, 7) is 3.21. The zero-order valence-electron chi connectivity index (χ0n) is 20.3. The normalized spacial score (nSPS) is 17.8. The SMILES string of the molecule is COc1cc(N2CC=C(Oc3ccc(-c4ccccc4)cc3)C2=O)ccc1OCCN1CC[C@H](O)C1. The van der Waals surface area contributed by atoms with Gasteiger partial charge in [0, 0.05) is 37.9 Å². The number of carbonyl (C=O) groups is 1. The van der Waals surface area contributed by atoms with E-state index in [1.165, 1.54) is 0 Å². The lowest BCUT2D eigenvalue weighted by molar-refractivity contribution is -0.116. The largest absolute Gasteiger partial charge is 0.493 e. The summed E-state index contributed by atoms with van der Waals surface area (Å²) in [5.41, 5.74) is 2.92. The first-order chi connectivity index (χ1) is 17.6. The van der Waals surface area contributed by atoms with Gasteiger partial charge in [-0.2, -0.15) is 0 Å². The minimum Gasteiger partial charge on any atom is -0.493 e. The van der Waals surface area contributed by atoms with Crippen molar-refractivity contribution in [1.82, 2.24) is 4.90 Å². The number of likely N-dealkylation sites (tertiary alicyclic amines) is 1. The highest BCUT2D eigenvalue weighted by Crippen LogP contribution is 2.34. The summed E-state index contributed by atoms with van der Waals surface area (Å²) >= 11 is 0. The van der Waals surface area contributed by atoms with Crippen molar-refractivity contribution in [3.8, 4) is 28.4 Å². The molecule has 0 bridgehead atoms. The Bertz CT molecular complexity index is 1230. The van der Waals surface area contributed by atoms with E-state index < -0.39 is 0 Å². The molecule has 1 fully saturated rings. The third-order valence-corrected chi connectivity index (χ3v) is 6.48. The molecule has 1 N–H and O–H groups in total. The van der Waals surface area contributed by atoms with E-state index in [0.717, 1.165) is 30.6 Å². The monoisotopic (exact) mass is 486 g/mol. The Morgan fingerprint density at radius 3 is 2.47 bits per heavy atom. The number of β-amino-alcohol motifs (C(OH)–C–C–N with tert-alkyl or cyclic N) is 1. The summed E-state index contributed by atoms with van der Waals surface area (Å²) in [6.07, 6.45) is 2.35. The smallest absolute Gasteiger partial charge is 0.294 e. The molecule has 1 saturated heterocycles. The van der Waals surface area contributed by atoms with Gasteiger partial charge in [0.15, 0.2) is 17.3 Å². The molecule has 7 nitrogen and oxygen atoms in total. The second-order valence-corrected chi connectivity index (χ2v) is 8.90. The highest BCUT2D eigenvalue weighted by molar-refractivity contribution is 6.07. The third-order valence-electron chi connectivity index (χ3n) is 6.48. The van der Waals surface area contributed by atoms with E-state index in [1.807, 2.05) is 54.6 Å². The molecule has 3 aromatic rings. The first-order valence-electron chi connectivity index (χ1n) is 12.2. The number of carbonyl (C=O) groups excluding carboxylic acids is 1. The van der Waals surface area contributed by atoms with Crippen molar-refractivity contribution in [2.75, 3.05) is 44.8 Å². The van der Waals surface area contributed by atoms with Crippen LogP contribution in [-0.4, -0.2) is 61.9 Å². The fourth-order valence-electron chi connectivity index (χ4n) is 4.50. The van der Waals surface area contributed by atoms with Gasteiger partial charge in [0.25, 0.3) is 5.91 Å². The topological polar surface area (TPSA) is 71.5 Å². The highest BCUT2D eigenvalue weighted by Gasteiger charge is 2.28. The van der Waals surface area contributed by atoms with Crippen LogP contribution in [0.1, 0.15) is 6.42 Å². The van der Waals surface area contributed by atoms with Crippen molar-refractivity contribution >= 4 is 11.6 Å². The molecule has 1 atom stereocenters. The number of anilines is 1. The minimum atomic E-state index is -0.243. The highest BCUT2D eigenvalue weighted by atomic mass is 16.5. The van der Waals surface area contributed by atoms with Gasteiger partial charge >= 0.3 is 0 Å². The number of aliphatic hydroxyl groups excluding tert-OH is 1. The number of rotatable bonds is 9. The van der Waals surface area contributed by atoms with E-state index in [-0.39, 0.29) is 12.0 Å². The molecule has 2 aliphatic heterocycles. The van der Waals surface area contributed by atoms with E-state index in [4.69, 9.17) is 14.2 Å². The lowest BCUT2D eigenvalue weighted by atomic mass is 10.1. The molecule has 0 saturated carbocycles. The Kier molecular flexibility index (Phi) is 7.21. The summed E-state index contributed by atoms with van der Waals surface area (Å²) in [5.74, 6) is 1.89. The van der Waals surface area contributed by atoms with Gasteiger partial charge in [-0.3, -0.25) is 9.69 Å². The number of benzene rings is 3. The van der Waals surface area contributed by atoms with Gasteiger partial charge in [0.2, 0.25) is 0 Å². The maximum atomic E-state index is 13.1. The first kappa shape index (κ1) is 23.9. The average molecular weight is 487 g/mol. The van der Waals surface area contributed by atoms with E-state index in [1.54, 1.807) is 24.2 Å². The number of hydrogen-bond donors (Lipinski definition) is 1. The van der Waals surface area contributed by atoms with Crippen LogP contribution in [0.25, 0.3) is 11.1 Å². The quantitative estimate of drug-likeness (QED) is 0.491. The van der Waals surface area contributed by atoms with Crippen LogP contribution in [0.2, 0.25) is 0 Å². The van der Waals surface area contributed by atoms with Gasteiger partial charge in [0.05, 0.1) is 13.2 Å². The van der Waals surface area contributed by atoms with Crippen LogP contribution >= 0.6 is 0 Å². The molecule has 2 aliphatic rings. The fraction of sp³-hybridized carbons (Fsp3) is 0.276. The van der Waals surface area contributed by atoms with Crippen LogP contribution in [0.5, 0.6) is 17.2 Å². The van der Waals surface area contributed by atoms with Gasteiger partial charge in [-0.25, -0.2) is 0 Å². The van der Waals surface area contributed by atoms with Crippen LogP contribution in [0.15, 0.2) is 84.6 Å². The summed E-state index contributed by atoms with van der Waals surface area (Å²) < 4.78 is 17.4. The molecule has 5 rings (SSSR count). The number of hydrogen-bond acceptors (Lipinski definition) is 6. The molecule has 0 radical (unpaired) electrons. The predicted octanol–water partition coefficient (Wildman–Crippen LogP) is 4.12. The van der Waals surface area contributed by atoms with Crippen molar-refractivity contribution in [3.63, 3.8) is 0 Å². The Hall–Kier alpha value is -3.81. The molecule has 36 heavy (non-hydrogen) atoms. The molecule has 0 unspecified atom stereocenters. The van der Waals surface area contributed by atoms with Gasteiger partial charge in [-0.05, 0) is 47.9 Å². The molecular weight excluding hydrogens is 456 g/mol. The summed E-state index contributed by atoms with van der Waals surface area (Å²) in [5, 5.41) is 9.66. The molecule has 186 valence electrons. The molecule has 1 amide bonds. The van der Waals surface area contributed by atoms with Crippen molar-refractivity contribution in [2.24, 2.45) is 0 Å². The van der Waals surface area contributed by atoms with E-state index in [2.05, 4.69) is 17.0 Å². The van der Waals surface area contributed by atoms with Crippen LogP contribution in [0.4, 0.5) is 5.69 Å². The Morgan fingerprint density at radius 1 is 0.972 bits per heavy atom. The summed E-state index contributed by atoms with van der Waals surface area (Å²) in [4.78, 5) is 16.9. The first-order valence-corrected chi connectivity index (χ1v) is 12.2. The zero-order chi connectivity index (χ0) is 24.9. The second-order valence-electron chi connectivity index (χ2n) is 8.90. The number of aliphatic hydroxyl groups is 1. The number of nitrogens with zero attached hydrogens (tertiary/aromatic N) is 2. The maximum absolute atomic E-state index is 13.1. The average Bonchev–Trinajstić information content (AvgIpc) is 3.50. The molecule has 0 spiro atoms. The van der Waals surface area contributed by atoms with Crippen LogP contribution < -0.4 is 19.1 Å². The third kappa shape index (κ3) is 5.37. The molecule has 0 aliphatic carbocycles. The van der Waals surface area contributed by atoms with Crippen molar-refractivity contribution < 1.29 is 24.1 Å². The van der Waals surface area contributed by atoms with Crippen LogP contribution in [0, 0.1) is 0 Å². The lowest BCUT2D eigenvalue weighted by Crippen LogP contribution is -2.28. The fourth-order valence-corrected chi connectivity index (χ4v) is 4.50. The van der Waals surface area contributed by atoms with Gasteiger partial charge in [-0.1, -0.05) is 42.5 Å². The summed E-state index contributed by atoms with van der Waals surface area (Å²) in [7, 11) is 1.58. The zero-order valence-corrected chi connectivity index (χ0v) is 20.3. The lowest BCUT2D eigenvalue weighted by Gasteiger charge is -2.20. The molecule has 0 aromatic heterocycles. The van der Waals surface area contributed by atoms with Crippen molar-refractivity contribution in [1.29, 1.82) is 0 Å². The molecule has 3 aromatic carbocycles. The minimum absolute atomic E-state index is 0.203.